The predicted molar refractivity (Wildman–Crippen MR) is 200 cm³/mol. The number of amides is 6. The topological polar surface area (TPSA) is 330 Å². The highest BCUT2D eigenvalue weighted by Crippen LogP contribution is 2.25. The van der Waals surface area contributed by atoms with Gasteiger partial charge in [0.2, 0.25) is 0 Å². The van der Waals surface area contributed by atoms with E-state index >= 15 is 0 Å². The van der Waals surface area contributed by atoms with E-state index in [0.29, 0.717) is 77.8 Å². The lowest BCUT2D eigenvalue weighted by molar-refractivity contribution is 0.0965. The molecule has 22 heteroatoms. The second kappa shape index (κ2) is 18.1. The molecule has 0 aliphatic carbocycles. The molecule has 282 valence electrons. The van der Waals surface area contributed by atoms with Gasteiger partial charge in [-0.05, 0) is 50.7 Å². The Morgan fingerprint density at radius 1 is 0.712 bits per heavy atom. The summed E-state index contributed by atoms with van der Waals surface area (Å²) in [6.45, 7) is 2.78. The van der Waals surface area contributed by atoms with E-state index in [1.165, 1.54) is 12.1 Å². The fourth-order valence-electron chi connectivity index (χ4n) is 5.49. The number of hydrogen-bond acceptors (Lipinski definition) is 12. The average Bonchev–Trinajstić information content (AvgIpc) is 3.09. The van der Waals surface area contributed by atoms with Crippen molar-refractivity contribution >= 4 is 82.0 Å². The first-order valence-corrected chi connectivity index (χ1v) is 17.2. The van der Waals surface area contributed by atoms with E-state index in [2.05, 4.69) is 41.2 Å². The van der Waals surface area contributed by atoms with Crippen LogP contribution in [0.2, 0.25) is 10.2 Å². The number of carbonyl (C=O) groups excluding carboxylic acids is 4. The molecule has 2 aliphatic heterocycles. The summed E-state index contributed by atoms with van der Waals surface area (Å²) in [5.41, 5.74) is 35.0. The number of piperidine rings is 2. The number of nitrogens with one attached hydrogen (secondary N) is 4. The minimum Gasteiger partial charge on any atom is -0.398 e. The number of urea groups is 2. The van der Waals surface area contributed by atoms with Crippen LogP contribution in [0.15, 0.2) is 22.1 Å². The number of unbranched alkanes of at least 4 members (excludes halogenated alkanes) is 1. The number of aromatic nitrogens is 2. The van der Waals surface area contributed by atoms with Gasteiger partial charge in [-0.2, -0.15) is 0 Å². The molecule has 52 heavy (non-hydrogen) atoms. The number of halogens is 2. The largest absolute Gasteiger partial charge is 0.398 e. The van der Waals surface area contributed by atoms with Crippen LogP contribution in [0.25, 0.3) is 0 Å². The molecule has 0 saturated carbocycles. The molecule has 20 nitrogen and oxygen atoms in total. The van der Waals surface area contributed by atoms with Crippen LogP contribution in [-0.2, 0) is 0 Å². The van der Waals surface area contributed by atoms with Gasteiger partial charge < -0.3 is 54.8 Å². The fraction of sp³-hybridized carbons (Fsp3) is 0.467. The number of likely N-dealkylation sites (tertiary alicyclic amines) is 2. The Morgan fingerprint density at radius 2 is 1.19 bits per heavy atom. The number of benzene rings is 1. The highest BCUT2D eigenvalue weighted by atomic mass is 35.5. The van der Waals surface area contributed by atoms with Crippen molar-refractivity contribution in [3.63, 3.8) is 0 Å². The molecule has 0 unspecified atom stereocenters. The molecule has 2 aliphatic rings. The average molecular weight is 764 g/mol. The molecule has 3 heterocycles. The van der Waals surface area contributed by atoms with Gasteiger partial charge in [0.25, 0.3) is 11.8 Å². The number of hydrogen-bond donors (Lipinski definition) is 10. The minimum atomic E-state index is -0.725. The van der Waals surface area contributed by atoms with Crippen molar-refractivity contribution in [2.75, 3.05) is 62.2 Å². The monoisotopic (exact) mass is 762 g/mol. The molecule has 1 aromatic heterocycles. The molecule has 4 rings (SSSR count). The summed E-state index contributed by atoms with van der Waals surface area (Å²) in [6.07, 6.45) is 3.60. The summed E-state index contributed by atoms with van der Waals surface area (Å²) in [6, 6.07) is 2.04. The number of nitrogen functional groups attached to an aromatic ring is 4. The first-order valence-electron chi connectivity index (χ1n) is 16.5. The van der Waals surface area contributed by atoms with Crippen molar-refractivity contribution in [1.29, 1.82) is 0 Å². The number of carbonyl (C=O) groups is 4. The van der Waals surface area contributed by atoms with Crippen LogP contribution in [0.1, 0.15) is 59.4 Å². The van der Waals surface area contributed by atoms with Crippen LogP contribution in [0, 0.1) is 0 Å². The van der Waals surface area contributed by atoms with Gasteiger partial charge in [-0.15, -0.1) is 0 Å². The van der Waals surface area contributed by atoms with E-state index in [0.717, 1.165) is 0 Å². The molecule has 1 aromatic carbocycles. The standard InChI is InChI=1S/C30H44Cl2N16O4/c31-18-13-17(19(33)14-20(18)34)25(49)45-27(37)41-15-3-9-47(10-4-15)29(51)39-7-1-2-8-40-30(52)48-11-5-16(6-12-48)42-28(38)46-26(50)21-23(35)44-24(36)22(32)43-21/h13-16H,1-12,33-34H2,(H,39,51)(H,40,52)(H4,35,36,44)(H3,37,41,45,49)(H3,38,42,46,50). The van der Waals surface area contributed by atoms with E-state index in [9.17, 15) is 19.2 Å². The van der Waals surface area contributed by atoms with Crippen molar-refractivity contribution in [3.05, 3.63) is 33.6 Å². The normalized spacial score (nSPS) is 16.0. The van der Waals surface area contributed by atoms with Gasteiger partial charge >= 0.3 is 12.1 Å². The number of nitrogens with zero attached hydrogens (tertiary/aromatic N) is 6. The summed E-state index contributed by atoms with van der Waals surface area (Å²) in [5, 5.41) is 10.8. The van der Waals surface area contributed by atoms with Crippen molar-refractivity contribution in [1.82, 2.24) is 41.0 Å². The third kappa shape index (κ3) is 11.0. The quantitative estimate of drug-likeness (QED) is 0.0700. The molecule has 16 N–H and O–H groups in total. The third-order valence-corrected chi connectivity index (χ3v) is 8.92. The van der Waals surface area contributed by atoms with Crippen LogP contribution in [0.3, 0.4) is 0 Å². The Morgan fingerprint density at radius 3 is 1.69 bits per heavy atom. The highest BCUT2D eigenvalue weighted by Gasteiger charge is 2.25. The highest BCUT2D eigenvalue weighted by molar-refractivity contribution is 6.33. The summed E-state index contributed by atoms with van der Waals surface area (Å²) in [7, 11) is 0. The molecule has 0 atom stereocenters. The van der Waals surface area contributed by atoms with E-state index < -0.39 is 11.8 Å². The Balaban J connectivity index is 1.06. The van der Waals surface area contributed by atoms with Gasteiger partial charge in [0, 0.05) is 45.0 Å². The summed E-state index contributed by atoms with van der Waals surface area (Å²) >= 11 is 11.8. The number of aliphatic imine (C=N–C) groups is 2. The van der Waals surface area contributed by atoms with Crippen molar-refractivity contribution in [2.24, 2.45) is 21.5 Å². The van der Waals surface area contributed by atoms with E-state index in [1.54, 1.807) is 9.80 Å². The van der Waals surface area contributed by atoms with Crippen LogP contribution in [0.5, 0.6) is 0 Å². The van der Waals surface area contributed by atoms with Crippen molar-refractivity contribution in [2.45, 2.75) is 50.6 Å². The molecule has 2 saturated heterocycles. The second-order valence-electron chi connectivity index (χ2n) is 12.1. The fourth-order valence-corrected chi connectivity index (χ4v) is 5.78. The van der Waals surface area contributed by atoms with E-state index in [1.807, 2.05) is 0 Å². The molecule has 6 amide bonds. The zero-order valence-electron chi connectivity index (χ0n) is 28.3. The number of anilines is 4. The first kappa shape index (κ1) is 39.3. The molecule has 0 radical (unpaired) electrons. The molecular weight excluding hydrogens is 719 g/mol. The number of nitrogens with two attached hydrogens (primary N) is 6. The van der Waals surface area contributed by atoms with Crippen molar-refractivity contribution in [3.8, 4) is 0 Å². The van der Waals surface area contributed by atoms with Gasteiger partial charge in [0.15, 0.2) is 34.4 Å². The maximum Gasteiger partial charge on any atom is 0.317 e. The Kier molecular flexibility index (Phi) is 13.7. The van der Waals surface area contributed by atoms with Crippen LogP contribution < -0.4 is 55.7 Å². The smallest absolute Gasteiger partial charge is 0.317 e. The van der Waals surface area contributed by atoms with Gasteiger partial charge in [0.05, 0.1) is 28.4 Å². The van der Waals surface area contributed by atoms with E-state index in [-0.39, 0.29) is 80.5 Å². The van der Waals surface area contributed by atoms with Crippen molar-refractivity contribution < 1.29 is 19.2 Å². The SMILES string of the molecule is NC(=NC1CCN(C(=O)NCCCCNC(=O)N2CCC(N=C(N)NC(=O)c3nc(Cl)c(N)nc3N)CC2)CC1)NC(=O)c1cc(Cl)c(N)cc1N. The Hall–Kier alpha value is -5.50. The Labute approximate surface area is 309 Å². The third-order valence-electron chi connectivity index (χ3n) is 8.32. The zero-order chi connectivity index (χ0) is 37.9. The van der Waals surface area contributed by atoms with Gasteiger partial charge in [-0.1, -0.05) is 23.2 Å². The molecule has 2 fully saturated rings. The maximum atomic E-state index is 12.6. The molecular formula is C30H44Cl2N16O4. The van der Waals surface area contributed by atoms with Gasteiger partial charge in [-0.25, -0.2) is 29.5 Å². The maximum absolute atomic E-state index is 12.6. The minimum absolute atomic E-state index is 0.0562. The van der Waals surface area contributed by atoms with Crippen LogP contribution in [0.4, 0.5) is 32.6 Å². The lowest BCUT2D eigenvalue weighted by Gasteiger charge is -2.30. The first-order chi connectivity index (χ1) is 24.7. The number of rotatable bonds is 9. The lowest BCUT2D eigenvalue weighted by atomic mass is 10.1. The van der Waals surface area contributed by atoms with Gasteiger partial charge in [0.1, 0.15) is 0 Å². The lowest BCUT2D eigenvalue weighted by Crippen LogP contribution is -2.47. The Bertz CT molecular complexity index is 1580. The van der Waals surface area contributed by atoms with Gasteiger partial charge in [-0.3, -0.25) is 20.2 Å². The number of guanidine groups is 2. The summed E-state index contributed by atoms with van der Waals surface area (Å²) in [5.74, 6) is -1.75. The van der Waals surface area contributed by atoms with Crippen LogP contribution >= 0.6 is 23.2 Å². The predicted octanol–water partition coefficient (Wildman–Crippen LogP) is 0.0296. The second-order valence-corrected chi connectivity index (χ2v) is 12.9. The molecule has 2 aromatic rings. The van der Waals surface area contributed by atoms with E-state index in [4.69, 9.17) is 57.6 Å². The molecule has 0 spiro atoms. The zero-order valence-corrected chi connectivity index (χ0v) is 29.8. The summed E-state index contributed by atoms with van der Waals surface area (Å²) in [4.78, 5) is 70.0. The van der Waals surface area contributed by atoms with Crippen LogP contribution in [-0.4, -0.2) is 107 Å². The molecule has 0 bridgehead atoms. The summed E-state index contributed by atoms with van der Waals surface area (Å²) < 4.78 is 0.